The number of carbonyl (C=O) groups is 1. The molecule has 1 aromatic heterocycles. The summed E-state index contributed by atoms with van der Waals surface area (Å²) in [4.78, 5) is 17.4. The molecule has 1 aromatic rings. The topological polar surface area (TPSA) is 53.4 Å². The van der Waals surface area contributed by atoms with Crippen molar-refractivity contribution in [3.63, 3.8) is 0 Å². The van der Waals surface area contributed by atoms with Crippen LogP contribution in [-0.4, -0.2) is 58.3 Å². The standard InChI is InChI=1S/C19H33N5O/c1-5-17-16(11-20-24(17)12-14(2)3)21-19(25)23-9-6-7-15-13-22(4)10-8-18(15)23/h11,14-15,18H,5-10,12-13H2,1-4H3,(H,21,25). The molecule has 2 aliphatic rings. The minimum Gasteiger partial charge on any atom is -0.321 e. The first-order valence-corrected chi connectivity index (χ1v) is 9.80. The van der Waals surface area contributed by atoms with Crippen LogP contribution in [0.3, 0.4) is 0 Å². The summed E-state index contributed by atoms with van der Waals surface area (Å²) >= 11 is 0. The highest BCUT2D eigenvalue weighted by Crippen LogP contribution is 2.30. The third kappa shape index (κ3) is 4.00. The van der Waals surface area contributed by atoms with E-state index in [2.05, 4.69) is 48.0 Å². The Labute approximate surface area is 151 Å². The van der Waals surface area contributed by atoms with Gasteiger partial charge in [0.2, 0.25) is 0 Å². The Hall–Kier alpha value is -1.56. The number of amides is 2. The molecular formula is C19H33N5O. The van der Waals surface area contributed by atoms with Gasteiger partial charge in [-0.3, -0.25) is 4.68 Å². The fourth-order valence-electron chi connectivity index (χ4n) is 4.42. The third-order valence-electron chi connectivity index (χ3n) is 5.60. The van der Waals surface area contributed by atoms with E-state index >= 15 is 0 Å². The Bertz CT molecular complexity index is 597. The molecule has 25 heavy (non-hydrogen) atoms. The fourth-order valence-corrected chi connectivity index (χ4v) is 4.42. The molecule has 6 nitrogen and oxygen atoms in total. The average Bonchev–Trinajstić information content (AvgIpc) is 2.94. The molecule has 140 valence electrons. The van der Waals surface area contributed by atoms with E-state index in [9.17, 15) is 4.79 Å². The van der Waals surface area contributed by atoms with Crippen LogP contribution in [0.4, 0.5) is 10.5 Å². The van der Waals surface area contributed by atoms with Gasteiger partial charge >= 0.3 is 6.03 Å². The molecule has 2 atom stereocenters. The van der Waals surface area contributed by atoms with Gasteiger partial charge < -0.3 is 15.1 Å². The van der Waals surface area contributed by atoms with Crippen molar-refractivity contribution in [1.82, 2.24) is 19.6 Å². The minimum atomic E-state index is 0.0538. The first-order valence-electron chi connectivity index (χ1n) is 9.80. The third-order valence-corrected chi connectivity index (χ3v) is 5.60. The van der Waals surface area contributed by atoms with E-state index in [0.29, 0.717) is 17.9 Å². The Morgan fingerprint density at radius 1 is 1.36 bits per heavy atom. The zero-order valence-electron chi connectivity index (χ0n) is 16.2. The van der Waals surface area contributed by atoms with Crippen LogP contribution in [0.1, 0.15) is 45.7 Å². The lowest BCUT2D eigenvalue weighted by molar-refractivity contribution is 0.0579. The Kier molecular flexibility index (Phi) is 5.67. The van der Waals surface area contributed by atoms with Crippen molar-refractivity contribution in [2.75, 3.05) is 32.0 Å². The highest BCUT2D eigenvalue weighted by atomic mass is 16.2. The molecule has 0 radical (unpaired) electrons. The maximum Gasteiger partial charge on any atom is 0.322 e. The molecule has 1 N–H and O–H groups in total. The van der Waals surface area contributed by atoms with Gasteiger partial charge in [-0.1, -0.05) is 20.8 Å². The lowest BCUT2D eigenvalue weighted by Crippen LogP contribution is -2.56. The van der Waals surface area contributed by atoms with E-state index in [1.807, 2.05) is 10.9 Å². The molecule has 3 rings (SSSR count). The van der Waals surface area contributed by atoms with Crippen molar-refractivity contribution in [3.8, 4) is 0 Å². The summed E-state index contributed by atoms with van der Waals surface area (Å²) in [5, 5.41) is 7.65. The predicted molar refractivity (Wildman–Crippen MR) is 101 cm³/mol. The highest BCUT2D eigenvalue weighted by molar-refractivity contribution is 5.90. The van der Waals surface area contributed by atoms with Crippen LogP contribution in [0.25, 0.3) is 0 Å². The smallest absolute Gasteiger partial charge is 0.321 e. The first-order chi connectivity index (χ1) is 12.0. The predicted octanol–water partition coefficient (Wildman–Crippen LogP) is 3.05. The summed E-state index contributed by atoms with van der Waals surface area (Å²) in [7, 11) is 2.19. The number of nitrogens with zero attached hydrogens (tertiary/aromatic N) is 4. The summed E-state index contributed by atoms with van der Waals surface area (Å²) in [6, 6.07) is 0.443. The number of rotatable bonds is 4. The van der Waals surface area contributed by atoms with Crippen molar-refractivity contribution in [3.05, 3.63) is 11.9 Å². The molecule has 0 aliphatic carbocycles. The minimum absolute atomic E-state index is 0.0538. The fraction of sp³-hybridized carbons (Fsp3) is 0.789. The molecule has 0 aromatic carbocycles. The van der Waals surface area contributed by atoms with Crippen LogP contribution >= 0.6 is 0 Å². The second-order valence-corrected chi connectivity index (χ2v) is 8.08. The summed E-state index contributed by atoms with van der Waals surface area (Å²) < 4.78 is 2.04. The molecule has 0 saturated carbocycles. The zero-order chi connectivity index (χ0) is 18.0. The van der Waals surface area contributed by atoms with E-state index in [-0.39, 0.29) is 6.03 Å². The Morgan fingerprint density at radius 3 is 2.88 bits per heavy atom. The summed E-state index contributed by atoms with van der Waals surface area (Å²) in [5.74, 6) is 1.16. The number of anilines is 1. The summed E-state index contributed by atoms with van der Waals surface area (Å²) in [6.07, 6.45) is 6.12. The van der Waals surface area contributed by atoms with Gasteiger partial charge in [-0.05, 0) is 51.1 Å². The van der Waals surface area contributed by atoms with Crippen LogP contribution in [0.5, 0.6) is 0 Å². The molecule has 6 heteroatoms. The number of fused-ring (bicyclic) bond motifs is 1. The van der Waals surface area contributed by atoms with E-state index in [4.69, 9.17) is 0 Å². The van der Waals surface area contributed by atoms with Crippen LogP contribution in [0.15, 0.2) is 6.20 Å². The molecule has 3 heterocycles. The molecule has 2 saturated heterocycles. The lowest BCUT2D eigenvalue weighted by atomic mass is 9.84. The van der Waals surface area contributed by atoms with Gasteiger partial charge in [0.25, 0.3) is 0 Å². The van der Waals surface area contributed by atoms with Crippen molar-refractivity contribution in [2.45, 2.75) is 59.0 Å². The quantitative estimate of drug-likeness (QED) is 0.911. The van der Waals surface area contributed by atoms with Gasteiger partial charge in [0.1, 0.15) is 0 Å². The van der Waals surface area contributed by atoms with E-state index in [1.54, 1.807) is 0 Å². The van der Waals surface area contributed by atoms with Gasteiger partial charge in [0.15, 0.2) is 0 Å². The second kappa shape index (κ2) is 7.77. The van der Waals surface area contributed by atoms with Crippen molar-refractivity contribution < 1.29 is 4.79 Å². The second-order valence-electron chi connectivity index (χ2n) is 8.08. The monoisotopic (exact) mass is 347 g/mol. The van der Waals surface area contributed by atoms with Crippen LogP contribution in [0, 0.1) is 11.8 Å². The SMILES string of the molecule is CCc1c(NC(=O)N2CCCC3CN(C)CCC32)cnn1CC(C)C. The molecule has 0 spiro atoms. The van der Waals surface area contributed by atoms with E-state index in [0.717, 1.165) is 56.8 Å². The maximum absolute atomic E-state index is 13.0. The average molecular weight is 348 g/mol. The van der Waals surface area contributed by atoms with E-state index < -0.39 is 0 Å². The zero-order valence-corrected chi connectivity index (χ0v) is 16.2. The Morgan fingerprint density at radius 2 is 2.16 bits per heavy atom. The largest absolute Gasteiger partial charge is 0.322 e. The summed E-state index contributed by atoms with van der Waals surface area (Å²) in [6.45, 7) is 10.5. The van der Waals surface area contributed by atoms with Gasteiger partial charge in [-0.2, -0.15) is 5.10 Å². The van der Waals surface area contributed by atoms with Gasteiger partial charge in [-0.25, -0.2) is 4.79 Å². The van der Waals surface area contributed by atoms with E-state index in [1.165, 1.54) is 6.42 Å². The number of nitrogens with one attached hydrogen (secondary N) is 1. The normalized spacial score (nSPS) is 24.4. The van der Waals surface area contributed by atoms with Crippen LogP contribution in [0.2, 0.25) is 0 Å². The number of urea groups is 1. The first kappa shape index (κ1) is 18.2. The van der Waals surface area contributed by atoms with Gasteiger partial charge in [0, 0.05) is 25.7 Å². The summed E-state index contributed by atoms with van der Waals surface area (Å²) in [5.41, 5.74) is 2.00. The molecule has 2 amide bonds. The number of carbonyl (C=O) groups excluding carboxylic acids is 1. The highest BCUT2D eigenvalue weighted by Gasteiger charge is 2.37. The Balaban J connectivity index is 1.70. The van der Waals surface area contributed by atoms with Gasteiger partial charge in [-0.15, -0.1) is 0 Å². The maximum atomic E-state index is 13.0. The molecule has 2 unspecified atom stereocenters. The molecule has 2 fully saturated rings. The number of piperidine rings is 2. The number of hydrogen-bond acceptors (Lipinski definition) is 3. The lowest BCUT2D eigenvalue weighted by Gasteiger charge is -2.46. The van der Waals surface area contributed by atoms with Crippen LogP contribution in [-0.2, 0) is 13.0 Å². The van der Waals surface area contributed by atoms with Crippen molar-refractivity contribution in [1.29, 1.82) is 0 Å². The van der Waals surface area contributed by atoms with Crippen molar-refractivity contribution in [2.24, 2.45) is 11.8 Å². The number of hydrogen-bond donors (Lipinski definition) is 1. The number of aromatic nitrogens is 2. The van der Waals surface area contributed by atoms with Gasteiger partial charge in [0.05, 0.1) is 17.6 Å². The molecular weight excluding hydrogens is 314 g/mol. The molecule has 0 bridgehead atoms. The van der Waals surface area contributed by atoms with Crippen LogP contribution < -0.4 is 5.32 Å². The van der Waals surface area contributed by atoms with Crippen molar-refractivity contribution >= 4 is 11.7 Å². The molecule has 2 aliphatic heterocycles. The number of likely N-dealkylation sites (tertiary alicyclic amines) is 2.